The topological polar surface area (TPSA) is 29.5 Å². The van der Waals surface area contributed by atoms with E-state index < -0.39 is 0 Å². The number of amides is 1. The molecular formula is C21H25NO2. The summed E-state index contributed by atoms with van der Waals surface area (Å²) in [4.78, 5) is 14.4. The number of carbonyl (C=O) groups is 1. The molecule has 24 heavy (non-hydrogen) atoms. The van der Waals surface area contributed by atoms with Crippen LogP contribution in [0.1, 0.15) is 42.0 Å². The van der Waals surface area contributed by atoms with Crippen LogP contribution in [-0.4, -0.2) is 24.0 Å². The predicted octanol–water partition coefficient (Wildman–Crippen LogP) is 4.08. The van der Waals surface area contributed by atoms with E-state index in [1.807, 2.05) is 17.9 Å². The Morgan fingerprint density at radius 3 is 2.67 bits per heavy atom. The molecule has 1 amide bonds. The minimum Gasteiger partial charge on any atom is -0.483 e. The fraction of sp³-hybridized carbons (Fsp3) is 0.381. The molecule has 0 atom stereocenters. The van der Waals surface area contributed by atoms with E-state index in [1.165, 1.54) is 16.7 Å². The number of hydrogen-bond donors (Lipinski definition) is 0. The van der Waals surface area contributed by atoms with Gasteiger partial charge in [-0.2, -0.15) is 0 Å². The number of rotatable bonds is 4. The largest absolute Gasteiger partial charge is 0.483 e. The van der Waals surface area contributed by atoms with E-state index in [0.29, 0.717) is 12.5 Å². The van der Waals surface area contributed by atoms with E-state index in [4.69, 9.17) is 4.74 Å². The van der Waals surface area contributed by atoms with E-state index in [9.17, 15) is 4.79 Å². The lowest BCUT2D eigenvalue weighted by molar-refractivity contribution is -0.134. The molecule has 0 fully saturated rings. The highest BCUT2D eigenvalue weighted by Gasteiger charge is 2.20. The number of hydrogen-bond acceptors (Lipinski definition) is 2. The molecule has 0 bridgehead atoms. The second kappa shape index (κ2) is 7.08. The molecule has 0 spiro atoms. The number of carbonyl (C=O) groups excluding carboxylic acids is 1. The first kappa shape index (κ1) is 16.6. The van der Waals surface area contributed by atoms with Crippen LogP contribution in [0.5, 0.6) is 5.75 Å². The molecule has 1 aliphatic heterocycles. The fourth-order valence-electron chi connectivity index (χ4n) is 3.07. The summed E-state index contributed by atoms with van der Waals surface area (Å²) in [6.45, 7) is 7.88. The molecule has 3 rings (SSSR count). The first-order valence-corrected chi connectivity index (χ1v) is 8.62. The Bertz CT molecular complexity index is 736. The molecule has 1 aliphatic rings. The van der Waals surface area contributed by atoms with Crippen LogP contribution >= 0.6 is 0 Å². The van der Waals surface area contributed by atoms with Gasteiger partial charge in [0, 0.05) is 13.1 Å². The van der Waals surface area contributed by atoms with Crippen LogP contribution in [0.15, 0.2) is 42.5 Å². The first-order chi connectivity index (χ1) is 11.5. The minimum atomic E-state index is 0.0545. The van der Waals surface area contributed by atoms with Gasteiger partial charge in [0.05, 0.1) is 0 Å². The Kier molecular flexibility index (Phi) is 4.89. The Labute approximate surface area is 144 Å². The molecule has 2 aromatic carbocycles. The van der Waals surface area contributed by atoms with E-state index in [1.54, 1.807) is 0 Å². The van der Waals surface area contributed by atoms with Crippen LogP contribution in [0, 0.1) is 6.92 Å². The SMILES string of the molecule is Cc1ccc(C(C)C)cc1OCC(=O)N1CCc2ccccc2C1. The van der Waals surface area contributed by atoms with E-state index in [-0.39, 0.29) is 12.5 Å². The zero-order valence-electron chi connectivity index (χ0n) is 14.7. The number of ether oxygens (including phenoxy) is 1. The van der Waals surface area contributed by atoms with Gasteiger partial charge in [0.15, 0.2) is 6.61 Å². The third kappa shape index (κ3) is 3.61. The standard InChI is InChI=1S/C21H25NO2/c1-15(2)18-9-8-16(3)20(12-18)24-14-21(23)22-11-10-17-6-4-5-7-19(17)13-22/h4-9,12,15H,10-11,13-14H2,1-3H3. The summed E-state index contributed by atoms with van der Waals surface area (Å²) in [5, 5.41) is 0. The molecule has 2 aromatic rings. The zero-order valence-corrected chi connectivity index (χ0v) is 14.7. The molecule has 126 valence electrons. The maximum Gasteiger partial charge on any atom is 0.260 e. The van der Waals surface area contributed by atoms with E-state index in [0.717, 1.165) is 24.3 Å². The molecule has 0 saturated carbocycles. The van der Waals surface area contributed by atoms with Crippen molar-refractivity contribution in [3.05, 3.63) is 64.7 Å². The molecule has 0 N–H and O–H groups in total. The molecule has 0 aromatic heterocycles. The maximum atomic E-state index is 12.5. The van der Waals surface area contributed by atoms with Crippen LogP contribution in [0.2, 0.25) is 0 Å². The molecule has 0 saturated heterocycles. The van der Waals surface area contributed by atoms with Crippen molar-refractivity contribution >= 4 is 5.91 Å². The van der Waals surface area contributed by atoms with Gasteiger partial charge in [0.25, 0.3) is 5.91 Å². The van der Waals surface area contributed by atoms with Gasteiger partial charge in [-0.15, -0.1) is 0 Å². The Morgan fingerprint density at radius 2 is 1.92 bits per heavy atom. The lowest BCUT2D eigenvalue weighted by atomic mass is 10.00. The van der Waals surface area contributed by atoms with Crippen LogP contribution in [0.25, 0.3) is 0 Å². The van der Waals surface area contributed by atoms with Gasteiger partial charge in [-0.25, -0.2) is 0 Å². The number of fused-ring (bicyclic) bond motifs is 1. The molecule has 3 nitrogen and oxygen atoms in total. The van der Waals surface area contributed by atoms with Gasteiger partial charge < -0.3 is 9.64 Å². The van der Waals surface area contributed by atoms with Gasteiger partial charge in [-0.1, -0.05) is 50.2 Å². The summed E-state index contributed by atoms with van der Waals surface area (Å²) >= 11 is 0. The molecule has 0 aliphatic carbocycles. The lowest BCUT2D eigenvalue weighted by Crippen LogP contribution is -2.38. The van der Waals surface area contributed by atoms with Crippen LogP contribution in [-0.2, 0) is 17.8 Å². The van der Waals surface area contributed by atoms with Crippen molar-refractivity contribution in [1.82, 2.24) is 4.90 Å². The van der Waals surface area contributed by atoms with Gasteiger partial charge >= 0.3 is 0 Å². The summed E-state index contributed by atoms with van der Waals surface area (Å²) in [6.07, 6.45) is 0.920. The number of benzene rings is 2. The van der Waals surface area contributed by atoms with Crippen molar-refractivity contribution in [2.75, 3.05) is 13.2 Å². The van der Waals surface area contributed by atoms with Crippen molar-refractivity contribution in [3.63, 3.8) is 0 Å². The monoisotopic (exact) mass is 323 g/mol. The van der Waals surface area contributed by atoms with Crippen LogP contribution in [0.4, 0.5) is 0 Å². The Balaban J connectivity index is 1.63. The third-order valence-corrected chi connectivity index (χ3v) is 4.71. The first-order valence-electron chi connectivity index (χ1n) is 8.62. The van der Waals surface area contributed by atoms with Gasteiger partial charge in [0.1, 0.15) is 5.75 Å². The highest BCUT2D eigenvalue weighted by molar-refractivity contribution is 5.78. The maximum absolute atomic E-state index is 12.5. The number of aryl methyl sites for hydroxylation is 1. The summed E-state index contributed by atoms with van der Waals surface area (Å²) in [5.74, 6) is 1.31. The van der Waals surface area contributed by atoms with E-state index >= 15 is 0 Å². The molecule has 0 unspecified atom stereocenters. The van der Waals surface area contributed by atoms with Crippen LogP contribution < -0.4 is 4.74 Å². The van der Waals surface area contributed by atoms with Gasteiger partial charge in [-0.3, -0.25) is 4.79 Å². The lowest BCUT2D eigenvalue weighted by Gasteiger charge is -2.29. The highest BCUT2D eigenvalue weighted by Crippen LogP contribution is 2.24. The van der Waals surface area contributed by atoms with Crippen LogP contribution in [0.3, 0.4) is 0 Å². The van der Waals surface area contributed by atoms with Gasteiger partial charge in [-0.05, 0) is 47.6 Å². The quantitative estimate of drug-likeness (QED) is 0.848. The second-order valence-electron chi connectivity index (χ2n) is 6.80. The summed E-state index contributed by atoms with van der Waals surface area (Å²) in [5.41, 5.74) is 4.89. The summed E-state index contributed by atoms with van der Waals surface area (Å²) < 4.78 is 5.84. The average Bonchev–Trinajstić information content (AvgIpc) is 2.60. The van der Waals surface area contributed by atoms with Gasteiger partial charge in [0.2, 0.25) is 0 Å². The fourth-order valence-corrected chi connectivity index (χ4v) is 3.07. The normalized spacial score (nSPS) is 13.8. The van der Waals surface area contributed by atoms with Crippen molar-refractivity contribution in [1.29, 1.82) is 0 Å². The third-order valence-electron chi connectivity index (χ3n) is 4.71. The minimum absolute atomic E-state index is 0.0545. The van der Waals surface area contributed by atoms with Crippen molar-refractivity contribution in [2.24, 2.45) is 0 Å². The van der Waals surface area contributed by atoms with E-state index in [2.05, 4.69) is 50.2 Å². The second-order valence-corrected chi connectivity index (χ2v) is 6.80. The number of nitrogens with zero attached hydrogens (tertiary/aromatic N) is 1. The Hall–Kier alpha value is -2.29. The summed E-state index contributed by atoms with van der Waals surface area (Å²) in [7, 11) is 0. The van der Waals surface area contributed by atoms with Crippen molar-refractivity contribution < 1.29 is 9.53 Å². The van der Waals surface area contributed by atoms with Crippen molar-refractivity contribution in [2.45, 2.75) is 39.7 Å². The van der Waals surface area contributed by atoms with Crippen molar-refractivity contribution in [3.8, 4) is 5.75 Å². The summed E-state index contributed by atoms with van der Waals surface area (Å²) in [6, 6.07) is 14.6. The smallest absolute Gasteiger partial charge is 0.260 e. The molecule has 1 heterocycles. The Morgan fingerprint density at radius 1 is 1.17 bits per heavy atom. The highest BCUT2D eigenvalue weighted by atomic mass is 16.5. The average molecular weight is 323 g/mol. The molecule has 0 radical (unpaired) electrons. The molecular weight excluding hydrogens is 298 g/mol. The zero-order chi connectivity index (χ0) is 17.1. The molecule has 3 heteroatoms. The predicted molar refractivity (Wildman–Crippen MR) is 96.3 cm³/mol.